The molecule has 1 aliphatic carbocycles. The highest BCUT2D eigenvalue weighted by molar-refractivity contribution is 5.49. The molecule has 0 heterocycles. The van der Waals surface area contributed by atoms with Crippen LogP contribution in [0.3, 0.4) is 0 Å². The molecule has 2 rings (SSSR count). The smallest absolute Gasteiger partial charge is 0.119 e. The second kappa shape index (κ2) is 2.99. The number of phenols is 1. The van der Waals surface area contributed by atoms with Crippen LogP contribution in [-0.2, 0) is 11.8 Å². The second-order valence-electron chi connectivity index (χ2n) is 4.49. The number of aromatic hydroxyl groups is 1. The van der Waals surface area contributed by atoms with Crippen molar-refractivity contribution in [3.05, 3.63) is 29.3 Å². The van der Waals surface area contributed by atoms with Crippen molar-refractivity contribution in [1.82, 2.24) is 0 Å². The van der Waals surface area contributed by atoms with Crippen molar-refractivity contribution < 1.29 is 10.2 Å². The molecule has 0 fully saturated rings. The Morgan fingerprint density at radius 1 is 1.50 bits per heavy atom. The Kier molecular flexibility index (Phi) is 2.04. The SMILES string of the molecule is CC1Cc2cccc(O)c2[C@]1(C)CO. The predicted molar refractivity (Wildman–Crippen MR) is 55.4 cm³/mol. The van der Waals surface area contributed by atoms with Gasteiger partial charge < -0.3 is 10.2 Å². The number of aliphatic hydroxyl groups is 1. The lowest BCUT2D eigenvalue weighted by molar-refractivity contribution is 0.167. The summed E-state index contributed by atoms with van der Waals surface area (Å²) in [4.78, 5) is 0. The zero-order valence-corrected chi connectivity index (χ0v) is 8.62. The van der Waals surface area contributed by atoms with Gasteiger partial charge in [-0.05, 0) is 24.0 Å². The summed E-state index contributed by atoms with van der Waals surface area (Å²) in [6.07, 6.45) is 0.945. The molecule has 1 aromatic rings. The zero-order valence-electron chi connectivity index (χ0n) is 8.62. The largest absolute Gasteiger partial charge is 0.508 e. The van der Waals surface area contributed by atoms with Gasteiger partial charge in [0.05, 0.1) is 6.61 Å². The molecule has 2 N–H and O–H groups in total. The van der Waals surface area contributed by atoms with E-state index in [1.807, 2.05) is 19.1 Å². The minimum Gasteiger partial charge on any atom is -0.508 e. The normalized spacial score (nSPS) is 30.4. The topological polar surface area (TPSA) is 40.5 Å². The molecule has 2 heteroatoms. The molecule has 2 atom stereocenters. The average Bonchev–Trinajstić information content (AvgIpc) is 2.41. The molecule has 0 bridgehead atoms. The van der Waals surface area contributed by atoms with E-state index in [2.05, 4.69) is 6.92 Å². The van der Waals surface area contributed by atoms with Crippen molar-refractivity contribution in [1.29, 1.82) is 0 Å². The monoisotopic (exact) mass is 192 g/mol. The van der Waals surface area contributed by atoms with Gasteiger partial charge in [0.15, 0.2) is 0 Å². The first-order valence-electron chi connectivity index (χ1n) is 5.02. The summed E-state index contributed by atoms with van der Waals surface area (Å²) < 4.78 is 0. The van der Waals surface area contributed by atoms with Gasteiger partial charge in [-0.2, -0.15) is 0 Å². The summed E-state index contributed by atoms with van der Waals surface area (Å²) in [5.74, 6) is 0.708. The first kappa shape index (κ1) is 9.53. The Hall–Kier alpha value is -1.02. The number of hydrogen-bond donors (Lipinski definition) is 2. The average molecular weight is 192 g/mol. The van der Waals surface area contributed by atoms with E-state index in [0.29, 0.717) is 11.7 Å². The highest BCUT2D eigenvalue weighted by Crippen LogP contribution is 2.46. The first-order valence-corrected chi connectivity index (χ1v) is 5.02. The van der Waals surface area contributed by atoms with E-state index in [0.717, 1.165) is 12.0 Å². The van der Waals surface area contributed by atoms with Crippen molar-refractivity contribution in [2.75, 3.05) is 6.61 Å². The van der Waals surface area contributed by atoms with Crippen LogP contribution in [0.2, 0.25) is 0 Å². The first-order chi connectivity index (χ1) is 6.59. The maximum absolute atomic E-state index is 9.80. The molecule has 0 aromatic heterocycles. The van der Waals surface area contributed by atoms with E-state index in [-0.39, 0.29) is 12.0 Å². The minimum absolute atomic E-state index is 0.0960. The Bertz CT molecular complexity index is 359. The molecule has 2 nitrogen and oxygen atoms in total. The summed E-state index contributed by atoms with van der Waals surface area (Å²) >= 11 is 0. The summed E-state index contributed by atoms with van der Waals surface area (Å²) in [7, 11) is 0. The second-order valence-corrected chi connectivity index (χ2v) is 4.49. The lowest BCUT2D eigenvalue weighted by Crippen LogP contribution is -2.30. The highest BCUT2D eigenvalue weighted by Gasteiger charge is 2.41. The van der Waals surface area contributed by atoms with Gasteiger partial charge in [-0.1, -0.05) is 26.0 Å². The highest BCUT2D eigenvalue weighted by atomic mass is 16.3. The summed E-state index contributed by atoms with van der Waals surface area (Å²) in [6, 6.07) is 5.60. The third-order valence-electron chi connectivity index (χ3n) is 3.64. The summed E-state index contributed by atoms with van der Waals surface area (Å²) in [5, 5.41) is 19.3. The van der Waals surface area contributed by atoms with Crippen LogP contribution in [0, 0.1) is 5.92 Å². The fraction of sp³-hybridized carbons (Fsp3) is 0.500. The van der Waals surface area contributed by atoms with Crippen molar-refractivity contribution in [2.24, 2.45) is 5.92 Å². The number of hydrogen-bond acceptors (Lipinski definition) is 2. The summed E-state index contributed by atoms with van der Waals surface area (Å²) in [6.45, 7) is 4.23. The lowest BCUT2D eigenvalue weighted by Gasteiger charge is -2.28. The maximum atomic E-state index is 9.80. The molecule has 0 saturated carbocycles. The summed E-state index contributed by atoms with van der Waals surface area (Å²) in [5.41, 5.74) is 1.84. The van der Waals surface area contributed by atoms with E-state index in [9.17, 15) is 10.2 Å². The molecular formula is C12H16O2. The van der Waals surface area contributed by atoms with Crippen molar-refractivity contribution >= 4 is 0 Å². The van der Waals surface area contributed by atoms with Crippen LogP contribution in [-0.4, -0.2) is 16.8 Å². The maximum Gasteiger partial charge on any atom is 0.119 e. The van der Waals surface area contributed by atoms with Crippen LogP contribution < -0.4 is 0 Å². The molecule has 1 aliphatic rings. The molecule has 14 heavy (non-hydrogen) atoms. The fourth-order valence-corrected chi connectivity index (χ4v) is 2.45. The standard InChI is InChI=1S/C12H16O2/c1-8-6-9-4-3-5-10(14)11(9)12(8,2)7-13/h3-5,8,13-14H,6-7H2,1-2H3/t8?,12-/m1/s1. The van der Waals surface area contributed by atoms with Crippen LogP contribution in [0.1, 0.15) is 25.0 Å². The van der Waals surface area contributed by atoms with Gasteiger partial charge >= 0.3 is 0 Å². The number of fused-ring (bicyclic) bond motifs is 1. The Morgan fingerprint density at radius 3 is 2.86 bits per heavy atom. The van der Waals surface area contributed by atoms with E-state index < -0.39 is 0 Å². The van der Waals surface area contributed by atoms with Crippen LogP contribution in [0.15, 0.2) is 18.2 Å². The van der Waals surface area contributed by atoms with Crippen LogP contribution in [0.5, 0.6) is 5.75 Å². The van der Waals surface area contributed by atoms with Gasteiger partial charge in [0.25, 0.3) is 0 Å². The van der Waals surface area contributed by atoms with Gasteiger partial charge in [-0.3, -0.25) is 0 Å². The van der Waals surface area contributed by atoms with Crippen LogP contribution in [0.25, 0.3) is 0 Å². The fourth-order valence-electron chi connectivity index (χ4n) is 2.45. The number of rotatable bonds is 1. The van der Waals surface area contributed by atoms with E-state index in [4.69, 9.17) is 0 Å². The predicted octanol–water partition coefficient (Wildman–Crippen LogP) is 1.83. The Balaban J connectivity index is 2.61. The van der Waals surface area contributed by atoms with Crippen molar-refractivity contribution in [3.8, 4) is 5.75 Å². The molecule has 0 radical (unpaired) electrons. The molecule has 0 spiro atoms. The molecule has 1 unspecified atom stereocenters. The molecule has 0 aliphatic heterocycles. The van der Waals surface area contributed by atoms with Crippen LogP contribution in [0.4, 0.5) is 0 Å². The van der Waals surface area contributed by atoms with Gasteiger partial charge in [0, 0.05) is 11.0 Å². The molecular weight excluding hydrogens is 176 g/mol. The van der Waals surface area contributed by atoms with Crippen molar-refractivity contribution in [3.63, 3.8) is 0 Å². The van der Waals surface area contributed by atoms with Gasteiger partial charge in [0.2, 0.25) is 0 Å². The third-order valence-corrected chi connectivity index (χ3v) is 3.64. The van der Waals surface area contributed by atoms with Gasteiger partial charge in [-0.15, -0.1) is 0 Å². The third kappa shape index (κ3) is 1.07. The number of aliphatic hydroxyl groups excluding tert-OH is 1. The molecule has 0 amide bonds. The minimum atomic E-state index is -0.277. The van der Waals surface area contributed by atoms with Crippen molar-refractivity contribution in [2.45, 2.75) is 25.7 Å². The molecule has 1 aromatic carbocycles. The molecule has 76 valence electrons. The van der Waals surface area contributed by atoms with E-state index in [1.54, 1.807) is 6.07 Å². The van der Waals surface area contributed by atoms with E-state index >= 15 is 0 Å². The lowest BCUT2D eigenvalue weighted by atomic mass is 9.78. The number of phenolic OH excluding ortho intramolecular Hbond substituents is 1. The Morgan fingerprint density at radius 2 is 2.21 bits per heavy atom. The molecule has 0 saturated heterocycles. The number of benzene rings is 1. The van der Waals surface area contributed by atoms with Gasteiger partial charge in [-0.25, -0.2) is 0 Å². The van der Waals surface area contributed by atoms with E-state index in [1.165, 1.54) is 5.56 Å². The van der Waals surface area contributed by atoms with Crippen LogP contribution >= 0.6 is 0 Å². The Labute approximate surface area is 84.2 Å². The van der Waals surface area contributed by atoms with Gasteiger partial charge in [0.1, 0.15) is 5.75 Å². The quantitative estimate of drug-likeness (QED) is 0.712. The zero-order chi connectivity index (χ0) is 10.3.